The topological polar surface area (TPSA) is 48.2 Å². The van der Waals surface area contributed by atoms with Gasteiger partial charge in [0.05, 0.1) is 11.8 Å². The Morgan fingerprint density at radius 3 is 1.88 bits per heavy atom. The van der Waals surface area contributed by atoms with Gasteiger partial charge in [0, 0.05) is 0 Å². The number of imide groups is 1. The summed E-state index contributed by atoms with van der Waals surface area (Å²) in [4.78, 5) is 20.1. The van der Waals surface area contributed by atoms with Crippen molar-refractivity contribution in [1.82, 2.24) is 0 Å². The Morgan fingerprint density at radius 1 is 1.31 bits per heavy atom. The first-order valence-corrected chi connectivity index (χ1v) is 5.23. The fraction of sp³-hybridized carbons (Fsp3) is 0.667. The molecule has 0 N–H and O–H groups in total. The third-order valence-corrected chi connectivity index (χ3v) is 2.16. The standard InChI is InChI=1S/C8H15.C4H5NO2.U/c1-5-7-8(3,4)6-2;6-3-1-2-4(7)5-3;/h2,5,7H2,1,3-4H3;1-2H2,(H,5,6,7);/q-1;;+2/p-1. The molecule has 3 nitrogen and oxygen atoms in total. The van der Waals surface area contributed by atoms with E-state index >= 15 is 0 Å². The van der Waals surface area contributed by atoms with Crippen LogP contribution in [0.2, 0.25) is 0 Å². The average molecular weight is 447 g/mol. The van der Waals surface area contributed by atoms with Crippen molar-refractivity contribution in [2.75, 3.05) is 0 Å². The number of nitrogens with zero attached hydrogens (tertiary/aromatic N) is 1. The van der Waals surface area contributed by atoms with Gasteiger partial charge in [-0.2, -0.15) is 5.41 Å². The molecule has 0 radical (unpaired) electrons. The van der Waals surface area contributed by atoms with E-state index < -0.39 is 0 Å². The Labute approximate surface area is 122 Å². The monoisotopic (exact) mass is 447 g/mol. The molecule has 0 unspecified atom stereocenters. The SMILES string of the molecule is C=[C-]C(C)(C)CCC.O=C1CCC(=O)[N-]1.[U+2]. The molecule has 2 amide bonds. The minimum atomic E-state index is -0.273. The molecule has 0 aromatic carbocycles. The minimum absolute atomic E-state index is 0. The summed E-state index contributed by atoms with van der Waals surface area (Å²) >= 11 is 0. The van der Waals surface area contributed by atoms with Crippen LogP contribution in [-0.4, -0.2) is 11.8 Å². The maximum Gasteiger partial charge on any atom is 2.00 e. The fourth-order valence-electron chi connectivity index (χ4n) is 1.18. The van der Waals surface area contributed by atoms with Gasteiger partial charge in [-0.1, -0.05) is 33.6 Å². The molecule has 4 heteroatoms. The van der Waals surface area contributed by atoms with E-state index in [1.54, 1.807) is 0 Å². The average Bonchev–Trinajstić information content (AvgIpc) is 2.51. The number of hydrogen-bond acceptors (Lipinski definition) is 2. The van der Waals surface area contributed by atoms with E-state index in [9.17, 15) is 9.59 Å². The predicted octanol–water partition coefficient (Wildman–Crippen LogP) is 3.01. The number of allylic oxidation sites excluding steroid dienone is 1. The van der Waals surface area contributed by atoms with Crippen LogP contribution in [0.3, 0.4) is 0 Å². The van der Waals surface area contributed by atoms with Crippen LogP contribution >= 0.6 is 0 Å². The molecule has 0 bridgehead atoms. The van der Waals surface area contributed by atoms with Gasteiger partial charge in [0.25, 0.3) is 0 Å². The number of carbonyl (C=O) groups excluding carboxylic acids is 2. The van der Waals surface area contributed by atoms with Crippen molar-refractivity contribution >= 4 is 11.8 Å². The van der Waals surface area contributed by atoms with Crippen molar-refractivity contribution in [3.63, 3.8) is 0 Å². The molecule has 1 rings (SSSR count). The molecule has 0 atom stereocenters. The molecule has 1 saturated heterocycles. The van der Waals surface area contributed by atoms with E-state index in [0.717, 1.165) is 0 Å². The minimum Gasteiger partial charge on any atom is -0.596 e. The van der Waals surface area contributed by atoms with Gasteiger partial charge in [-0.05, 0) is 12.8 Å². The van der Waals surface area contributed by atoms with E-state index in [4.69, 9.17) is 0 Å². The molecular weight excluding hydrogens is 428 g/mol. The molecule has 1 aliphatic rings. The summed E-state index contributed by atoms with van der Waals surface area (Å²) in [7, 11) is 0. The Bertz CT molecular complexity index is 235. The van der Waals surface area contributed by atoms with E-state index in [-0.39, 0.29) is 48.3 Å². The van der Waals surface area contributed by atoms with Crippen LogP contribution in [0.1, 0.15) is 46.5 Å². The van der Waals surface area contributed by atoms with Crippen molar-refractivity contribution in [3.8, 4) is 0 Å². The van der Waals surface area contributed by atoms with Gasteiger partial charge in [0.15, 0.2) is 0 Å². The zero-order valence-corrected chi connectivity index (χ0v) is 14.5. The van der Waals surface area contributed by atoms with Crippen molar-refractivity contribution < 1.29 is 40.7 Å². The summed E-state index contributed by atoms with van der Waals surface area (Å²) in [6.07, 6.45) is 6.04. The normalized spacial score (nSPS) is 14.4. The number of amides is 2. The van der Waals surface area contributed by atoms with Crippen molar-refractivity contribution in [1.29, 1.82) is 0 Å². The fourth-order valence-corrected chi connectivity index (χ4v) is 1.18. The summed E-state index contributed by atoms with van der Waals surface area (Å²) in [5.74, 6) is -0.546. The van der Waals surface area contributed by atoms with Crippen LogP contribution in [0.15, 0.2) is 6.58 Å². The summed E-state index contributed by atoms with van der Waals surface area (Å²) in [6.45, 7) is 10.1. The van der Waals surface area contributed by atoms with E-state index in [1.165, 1.54) is 12.8 Å². The first-order valence-electron chi connectivity index (χ1n) is 5.23. The second kappa shape index (κ2) is 9.01. The third kappa shape index (κ3) is 9.18. The zero-order chi connectivity index (χ0) is 11.9. The van der Waals surface area contributed by atoms with Crippen LogP contribution < -0.4 is 0 Å². The largest absolute Gasteiger partial charge is 2.00 e. The summed E-state index contributed by atoms with van der Waals surface area (Å²) in [6, 6.07) is 0. The Hall–Kier alpha value is -0.0681. The van der Waals surface area contributed by atoms with Crippen LogP contribution in [0.25, 0.3) is 5.32 Å². The molecule has 88 valence electrons. The van der Waals surface area contributed by atoms with E-state index in [2.05, 4.69) is 38.7 Å². The van der Waals surface area contributed by atoms with Crippen LogP contribution in [0.4, 0.5) is 0 Å². The molecule has 0 saturated carbocycles. The summed E-state index contributed by atoms with van der Waals surface area (Å²) < 4.78 is 0. The quantitative estimate of drug-likeness (QED) is 0.494. The van der Waals surface area contributed by atoms with Gasteiger partial charge in [-0.3, -0.25) is 6.58 Å². The molecule has 0 aromatic heterocycles. The van der Waals surface area contributed by atoms with Gasteiger partial charge in [0.2, 0.25) is 0 Å². The van der Waals surface area contributed by atoms with Gasteiger partial charge in [-0.15, -0.1) is 0 Å². The second-order valence-electron chi connectivity index (χ2n) is 4.21. The number of carbonyl (C=O) groups is 2. The molecule has 0 spiro atoms. The Balaban J connectivity index is 0. The molecule has 0 aliphatic carbocycles. The van der Waals surface area contributed by atoms with Crippen LogP contribution in [0.5, 0.6) is 0 Å². The van der Waals surface area contributed by atoms with Gasteiger partial charge in [-0.25, -0.2) is 0 Å². The van der Waals surface area contributed by atoms with Crippen LogP contribution in [0, 0.1) is 42.6 Å². The van der Waals surface area contributed by atoms with Gasteiger partial charge >= 0.3 is 31.1 Å². The van der Waals surface area contributed by atoms with Crippen molar-refractivity contribution in [2.24, 2.45) is 5.41 Å². The van der Waals surface area contributed by atoms with Gasteiger partial charge in [0.1, 0.15) is 0 Å². The van der Waals surface area contributed by atoms with Crippen molar-refractivity contribution in [3.05, 3.63) is 18.0 Å². The maximum absolute atomic E-state index is 10.1. The third-order valence-electron chi connectivity index (χ3n) is 2.16. The Kier molecular flexibility index (Phi) is 10.3. The number of hydrogen-bond donors (Lipinski definition) is 0. The van der Waals surface area contributed by atoms with Crippen molar-refractivity contribution in [2.45, 2.75) is 46.5 Å². The predicted molar refractivity (Wildman–Crippen MR) is 60.2 cm³/mol. The van der Waals surface area contributed by atoms with Gasteiger partial charge < -0.3 is 21.0 Å². The van der Waals surface area contributed by atoms with E-state index in [0.29, 0.717) is 12.8 Å². The first kappa shape index (κ1) is 18.3. The molecule has 1 fully saturated rings. The molecular formula is C12H19NO2U. The maximum atomic E-state index is 10.1. The molecule has 0 aromatic rings. The van der Waals surface area contributed by atoms with Crippen LogP contribution in [-0.2, 0) is 9.59 Å². The first-order chi connectivity index (χ1) is 6.91. The van der Waals surface area contributed by atoms with E-state index in [1.807, 2.05) is 0 Å². The Morgan fingerprint density at radius 2 is 1.75 bits per heavy atom. The molecule has 16 heavy (non-hydrogen) atoms. The smallest absolute Gasteiger partial charge is 0.596 e. The summed E-state index contributed by atoms with van der Waals surface area (Å²) in [5.41, 5.74) is 0.231. The molecule has 1 aliphatic heterocycles. The molecule has 1 heterocycles. The zero-order valence-electron chi connectivity index (χ0n) is 10.3. The number of rotatable bonds is 3. The second-order valence-corrected chi connectivity index (χ2v) is 4.21. The summed E-state index contributed by atoms with van der Waals surface area (Å²) in [5, 5.41) is 3.11.